The van der Waals surface area contributed by atoms with Gasteiger partial charge in [0, 0.05) is 32.2 Å². The Morgan fingerprint density at radius 3 is 2.00 bits per heavy atom. The molecule has 0 saturated carbocycles. The number of hydrogen-bond acceptors (Lipinski definition) is 4. The van der Waals surface area contributed by atoms with E-state index in [-0.39, 0.29) is 30.7 Å². The highest BCUT2D eigenvalue weighted by atomic mass is 16.6. The van der Waals surface area contributed by atoms with E-state index in [0.29, 0.717) is 12.5 Å². The standard InChI is InChI=1S/C17H35N5O4/c1-11(2)8-13(10-20-14(23)18-7)22-15(24)19-9-12(3)21-16(25)26-17(4,5)6/h11-13H,8-10H2,1-7H3,(H,21,25)(H2,18,20,23)(H2,19,22,24)/t12-,13-/m0/s1. The van der Waals surface area contributed by atoms with Gasteiger partial charge < -0.3 is 31.3 Å². The molecule has 0 bridgehead atoms. The fourth-order valence-electron chi connectivity index (χ4n) is 2.11. The van der Waals surface area contributed by atoms with E-state index in [0.717, 1.165) is 6.42 Å². The number of ether oxygens (including phenoxy) is 1. The molecule has 0 aromatic heterocycles. The number of alkyl carbamates (subject to hydrolysis) is 1. The van der Waals surface area contributed by atoms with E-state index in [9.17, 15) is 14.4 Å². The molecule has 0 aromatic carbocycles. The van der Waals surface area contributed by atoms with Gasteiger partial charge >= 0.3 is 18.2 Å². The average molecular weight is 373 g/mol. The number of carbonyl (C=O) groups is 3. The van der Waals surface area contributed by atoms with Gasteiger partial charge in [-0.3, -0.25) is 0 Å². The van der Waals surface area contributed by atoms with Crippen LogP contribution in [0.25, 0.3) is 0 Å². The maximum absolute atomic E-state index is 12.1. The quantitative estimate of drug-likeness (QED) is 0.443. The maximum atomic E-state index is 12.1. The first-order valence-corrected chi connectivity index (χ1v) is 8.92. The van der Waals surface area contributed by atoms with E-state index < -0.39 is 11.7 Å². The van der Waals surface area contributed by atoms with Crippen molar-refractivity contribution in [2.45, 2.75) is 65.6 Å². The third-order valence-electron chi connectivity index (χ3n) is 3.16. The summed E-state index contributed by atoms with van der Waals surface area (Å²) >= 11 is 0. The first kappa shape index (κ1) is 23.8. The number of hydrogen-bond donors (Lipinski definition) is 5. The predicted molar refractivity (Wildman–Crippen MR) is 101 cm³/mol. The normalized spacial score (nSPS) is 13.4. The Balaban J connectivity index is 4.32. The lowest BCUT2D eigenvalue weighted by atomic mass is 10.0. The van der Waals surface area contributed by atoms with E-state index in [4.69, 9.17) is 4.74 Å². The van der Waals surface area contributed by atoms with Crippen molar-refractivity contribution in [3.05, 3.63) is 0 Å². The van der Waals surface area contributed by atoms with Crippen molar-refractivity contribution in [1.29, 1.82) is 0 Å². The van der Waals surface area contributed by atoms with E-state index in [1.54, 1.807) is 27.7 Å². The molecule has 9 heteroatoms. The van der Waals surface area contributed by atoms with E-state index >= 15 is 0 Å². The molecule has 152 valence electrons. The summed E-state index contributed by atoms with van der Waals surface area (Å²) in [7, 11) is 1.53. The smallest absolute Gasteiger partial charge is 0.407 e. The first-order chi connectivity index (χ1) is 11.9. The van der Waals surface area contributed by atoms with Crippen molar-refractivity contribution in [3.63, 3.8) is 0 Å². The summed E-state index contributed by atoms with van der Waals surface area (Å²) in [5.41, 5.74) is -0.573. The Hall–Kier alpha value is -2.19. The average Bonchev–Trinajstić information content (AvgIpc) is 2.47. The first-order valence-electron chi connectivity index (χ1n) is 8.92. The van der Waals surface area contributed by atoms with Gasteiger partial charge in [0.05, 0.1) is 0 Å². The Kier molecular flexibility index (Phi) is 10.5. The lowest BCUT2D eigenvalue weighted by Gasteiger charge is -2.23. The summed E-state index contributed by atoms with van der Waals surface area (Å²) in [6, 6.07) is -1.13. The largest absolute Gasteiger partial charge is 0.444 e. The minimum Gasteiger partial charge on any atom is -0.444 e. The minimum atomic E-state index is -0.573. The van der Waals surface area contributed by atoms with Crippen molar-refractivity contribution >= 4 is 18.2 Å². The van der Waals surface area contributed by atoms with Crippen LogP contribution in [0.4, 0.5) is 14.4 Å². The Bertz CT molecular complexity index is 463. The third kappa shape index (κ3) is 13.1. The van der Waals surface area contributed by atoms with Crippen LogP contribution >= 0.6 is 0 Å². The van der Waals surface area contributed by atoms with E-state index in [1.165, 1.54) is 7.05 Å². The molecular weight excluding hydrogens is 338 g/mol. The second kappa shape index (κ2) is 11.4. The van der Waals surface area contributed by atoms with Crippen molar-refractivity contribution in [2.24, 2.45) is 5.92 Å². The molecular formula is C17H35N5O4. The molecule has 0 heterocycles. The fourth-order valence-corrected chi connectivity index (χ4v) is 2.11. The summed E-state index contributed by atoms with van der Waals surface area (Å²) in [4.78, 5) is 35.1. The Morgan fingerprint density at radius 1 is 0.923 bits per heavy atom. The van der Waals surface area contributed by atoms with Gasteiger partial charge in [0.15, 0.2) is 0 Å². The highest BCUT2D eigenvalue weighted by Crippen LogP contribution is 2.06. The summed E-state index contributed by atoms with van der Waals surface area (Å²) in [5, 5.41) is 13.4. The molecule has 0 rings (SSSR count). The van der Waals surface area contributed by atoms with E-state index in [2.05, 4.69) is 26.6 Å². The van der Waals surface area contributed by atoms with Crippen LogP contribution in [0.15, 0.2) is 0 Å². The zero-order valence-corrected chi connectivity index (χ0v) is 17.0. The lowest BCUT2D eigenvalue weighted by molar-refractivity contribution is 0.0508. The van der Waals surface area contributed by atoms with Gasteiger partial charge in [0.2, 0.25) is 0 Å². The van der Waals surface area contributed by atoms with Gasteiger partial charge in [-0.15, -0.1) is 0 Å². The molecule has 2 atom stereocenters. The van der Waals surface area contributed by atoms with Crippen molar-refractivity contribution in [1.82, 2.24) is 26.6 Å². The highest BCUT2D eigenvalue weighted by Gasteiger charge is 2.19. The SMILES string of the molecule is CNC(=O)NC[C@H](CC(C)C)NC(=O)NC[C@H](C)NC(=O)OC(C)(C)C. The van der Waals surface area contributed by atoms with Crippen LogP contribution in [-0.4, -0.2) is 56.0 Å². The summed E-state index contributed by atoms with van der Waals surface area (Å²) in [6.45, 7) is 11.8. The topological polar surface area (TPSA) is 121 Å². The van der Waals surface area contributed by atoms with Gasteiger partial charge in [0.25, 0.3) is 0 Å². The Morgan fingerprint density at radius 2 is 1.50 bits per heavy atom. The molecule has 5 amide bonds. The maximum Gasteiger partial charge on any atom is 0.407 e. The minimum absolute atomic E-state index is 0.193. The number of carbonyl (C=O) groups excluding carboxylic acids is 3. The molecule has 5 N–H and O–H groups in total. The molecule has 0 spiro atoms. The van der Waals surface area contributed by atoms with Crippen LogP contribution in [-0.2, 0) is 4.74 Å². The van der Waals surface area contributed by atoms with Crippen LogP contribution < -0.4 is 26.6 Å². The second-order valence-electron chi connectivity index (χ2n) is 7.69. The number of nitrogens with one attached hydrogen (secondary N) is 5. The number of amides is 5. The van der Waals surface area contributed by atoms with Gasteiger partial charge in [-0.05, 0) is 40.0 Å². The van der Waals surface area contributed by atoms with E-state index in [1.807, 2.05) is 13.8 Å². The van der Waals surface area contributed by atoms with Crippen LogP contribution in [0.5, 0.6) is 0 Å². The molecule has 0 saturated heterocycles. The van der Waals surface area contributed by atoms with Gasteiger partial charge in [-0.1, -0.05) is 13.8 Å². The molecule has 0 aromatic rings. The third-order valence-corrected chi connectivity index (χ3v) is 3.16. The van der Waals surface area contributed by atoms with Crippen LogP contribution in [0.3, 0.4) is 0 Å². The molecule has 9 nitrogen and oxygen atoms in total. The molecule has 0 fully saturated rings. The van der Waals surface area contributed by atoms with Gasteiger partial charge in [-0.25, -0.2) is 14.4 Å². The van der Waals surface area contributed by atoms with Crippen LogP contribution in [0.2, 0.25) is 0 Å². The zero-order valence-electron chi connectivity index (χ0n) is 17.0. The van der Waals surface area contributed by atoms with Crippen molar-refractivity contribution in [2.75, 3.05) is 20.1 Å². The number of rotatable bonds is 8. The summed E-state index contributed by atoms with van der Waals surface area (Å²) in [5.74, 6) is 0.361. The zero-order chi connectivity index (χ0) is 20.3. The molecule has 0 unspecified atom stereocenters. The van der Waals surface area contributed by atoms with Crippen LogP contribution in [0.1, 0.15) is 48.0 Å². The van der Waals surface area contributed by atoms with Gasteiger partial charge in [-0.2, -0.15) is 0 Å². The van der Waals surface area contributed by atoms with Crippen LogP contribution in [0, 0.1) is 5.92 Å². The molecule has 0 aliphatic heterocycles. The fraction of sp³-hybridized carbons (Fsp3) is 0.824. The predicted octanol–water partition coefficient (Wildman–Crippen LogP) is 1.54. The molecule has 0 radical (unpaired) electrons. The van der Waals surface area contributed by atoms with Crippen molar-refractivity contribution in [3.8, 4) is 0 Å². The molecule has 0 aliphatic carbocycles. The van der Waals surface area contributed by atoms with Crippen molar-refractivity contribution < 1.29 is 19.1 Å². The molecule has 26 heavy (non-hydrogen) atoms. The monoisotopic (exact) mass is 373 g/mol. The second-order valence-corrected chi connectivity index (χ2v) is 7.69. The lowest BCUT2D eigenvalue weighted by Crippen LogP contribution is -2.51. The van der Waals surface area contributed by atoms with Gasteiger partial charge in [0.1, 0.15) is 5.60 Å². The number of urea groups is 2. The Labute approximate surface area is 156 Å². The summed E-state index contributed by atoms with van der Waals surface area (Å²) in [6.07, 6.45) is 0.197. The molecule has 0 aliphatic rings. The summed E-state index contributed by atoms with van der Waals surface area (Å²) < 4.78 is 5.16. The highest BCUT2D eigenvalue weighted by molar-refractivity contribution is 5.75.